The van der Waals surface area contributed by atoms with E-state index >= 15 is 0 Å². The molecule has 1 heterocycles. The van der Waals surface area contributed by atoms with Gasteiger partial charge in [-0.25, -0.2) is 0 Å². The Hall–Kier alpha value is -0.670. The summed E-state index contributed by atoms with van der Waals surface area (Å²) in [6.07, 6.45) is 0. The van der Waals surface area contributed by atoms with Crippen molar-refractivity contribution in [3.63, 3.8) is 0 Å². The fraction of sp³-hybridized carbons (Fsp3) is 0.538. The van der Waals surface area contributed by atoms with E-state index < -0.39 is 0 Å². The van der Waals surface area contributed by atoms with Gasteiger partial charge in [-0.1, -0.05) is 6.07 Å². The lowest BCUT2D eigenvalue weighted by atomic mass is 10.1. The molecule has 0 aromatic heterocycles. The number of hydrogen-bond acceptors (Lipinski definition) is 3. The Bertz CT molecular complexity index is 405. The number of aliphatic hydroxyl groups is 1. The molecule has 0 aliphatic carbocycles. The molecule has 2 unspecified atom stereocenters. The first kappa shape index (κ1) is 11.8. The second-order valence-corrected chi connectivity index (χ2v) is 5.87. The Morgan fingerprint density at radius 1 is 1.38 bits per heavy atom. The molecule has 1 N–H and O–H groups in total. The van der Waals surface area contributed by atoms with E-state index in [9.17, 15) is 5.11 Å². The normalized spacial score (nSPS) is 24.4. The molecule has 1 aromatic carbocycles. The average Bonchev–Trinajstić information content (AvgIpc) is 2.24. The van der Waals surface area contributed by atoms with E-state index in [1.165, 1.54) is 21.7 Å². The number of fused-ring (bicyclic) bond motifs is 1. The van der Waals surface area contributed by atoms with Crippen LogP contribution in [0.5, 0.6) is 0 Å². The van der Waals surface area contributed by atoms with Crippen molar-refractivity contribution in [1.82, 2.24) is 0 Å². The number of aryl methyl sites for hydroxylation is 2. The molecular formula is C13H19NOS. The highest BCUT2D eigenvalue weighted by Gasteiger charge is 2.30. The van der Waals surface area contributed by atoms with Gasteiger partial charge in [-0.05, 0) is 38.0 Å². The maximum absolute atomic E-state index is 9.40. The first-order chi connectivity index (χ1) is 7.54. The van der Waals surface area contributed by atoms with Crippen LogP contribution in [0.3, 0.4) is 0 Å². The van der Waals surface area contributed by atoms with Crippen LogP contribution in [0, 0.1) is 13.8 Å². The molecule has 0 bridgehead atoms. The number of benzene rings is 1. The zero-order chi connectivity index (χ0) is 11.9. The molecule has 16 heavy (non-hydrogen) atoms. The minimum atomic E-state index is 0.239. The van der Waals surface area contributed by atoms with Crippen molar-refractivity contribution >= 4 is 17.4 Å². The van der Waals surface area contributed by atoms with E-state index in [0.717, 1.165) is 0 Å². The Morgan fingerprint density at radius 3 is 2.69 bits per heavy atom. The first-order valence-corrected chi connectivity index (χ1v) is 6.54. The van der Waals surface area contributed by atoms with Crippen LogP contribution in [-0.2, 0) is 0 Å². The third-order valence-electron chi connectivity index (χ3n) is 3.38. The highest BCUT2D eigenvalue weighted by Crippen LogP contribution is 2.43. The van der Waals surface area contributed by atoms with Gasteiger partial charge in [0, 0.05) is 18.0 Å². The number of rotatable bonds is 1. The van der Waals surface area contributed by atoms with Crippen molar-refractivity contribution < 1.29 is 5.11 Å². The van der Waals surface area contributed by atoms with Crippen molar-refractivity contribution in [1.29, 1.82) is 0 Å². The van der Waals surface area contributed by atoms with Crippen molar-refractivity contribution in [2.45, 2.75) is 37.0 Å². The van der Waals surface area contributed by atoms with Gasteiger partial charge in [-0.15, -0.1) is 11.8 Å². The minimum absolute atomic E-state index is 0.239. The van der Waals surface area contributed by atoms with Gasteiger partial charge in [0.2, 0.25) is 0 Å². The molecule has 1 aliphatic rings. The van der Waals surface area contributed by atoms with E-state index in [-0.39, 0.29) is 11.9 Å². The molecule has 0 fully saturated rings. The molecule has 0 saturated carbocycles. The molecule has 3 heteroatoms. The van der Waals surface area contributed by atoms with Crippen molar-refractivity contribution in [3.8, 4) is 0 Å². The van der Waals surface area contributed by atoms with Crippen LogP contribution in [0.4, 0.5) is 5.69 Å². The summed E-state index contributed by atoms with van der Waals surface area (Å²) in [6.45, 7) is 6.70. The SMILES string of the molecule is Cc1cc(C)c2c(c1)N(C)C(C)C(CO)S2. The van der Waals surface area contributed by atoms with Gasteiger partial charge in [0.05, 0.1) is 17.5 Å². The van der Waals surface area contributed by atoms with Gasteiger partial charge in [0.1, 0.15) is 0 Å². The average molecular weight is 237 g/mol. The quantitative estimate of drug-likeness (QED) is 0.812. The standard InChI is InChI=1S/C13H19NOS/c1-8-5-9(2)13-11(6-8)14(4)10(3)12(7-15)16-13/h5-6,10,12,15H,7H2,1-4H3. The topological polar surface area (TPSA) is 23.5 Å². The van der Waals surface area contributed by atoms with Gasteiger partial charge in [0.25, 0.3) is 0 Å². The summed E-state index contributed by atoms with van der Waals surface area (Å²) >= 11 is 1.81. The molecule has 1 aliphatic heterocycles. The maximum Gasteiger partial charge on any atom is 0.0573 e. The van der Waals surface area contributed by atoms with Crippen molar-refractivity contribution in [3.05, 3.63) is 23.3 Å². The third-order valence-corrected chi connectivity index (χ3v) is 4.99. The Morgan fingerprint density at radius 2 is 2.06 bits per heavy atom. The van der Waals surface area contributed by atoms with Crippen molar-refractivity contribution in [2.75, 3.05) is 18.6 Å². The second-order valence-electron chi connectivity index (χ2n) is 4.62. The largest absolute Gasteiger partial charge is 0.395 e. The summed E-state index contributed by atoms with van der Waals surface area (Å²) in [6, 6.07) is 4.83. The van der Waals surface area contributed by atoms with E-state index in [1.807, 2.05) is 11.8 Å². The number of aliphatic hydroxyl groups excluding tert-OH is 1. The predicted octanol–water partition coefficient (Wildman–Crippen LogP) is 2.59. The first-order valence-electron chi connectivity index (χ1n) is 5.66. The Labute approximate surface area is 102 Å². The van der Waals surface area contributed by atoms with E-state index in [0.29, 0.717) is 6.04 Å². The molecule has 88 valence electrons. The smallest absolute Gasteiger partial charge is 0.0573 e. The number of nitrogens with zero attached hydrogens (tertiary/aromatic N) is 1. The number of hydrogen-bond donors (Lipinski definition) is 1. The summed E-state index contributed by atoms with van der Waals surface area (Å²) in [5, 5.41) is 9.68. The Kier molecular flexibility index (Phi) is 3.17. The van der Waals surface area contributed by atoms with Crippen LogP contribution in [0.15, 0.2) is 17.0 Å². The number of thioether (sulfide) groups is 1. The van der Waals surface area contributed by atoms with Gasteiger partial charge in [-0.3, -0.25) is 0 Å². The van der Waals surface area contributed by atoms with Crippen LogP contribution in [0.25, 0.3) is 0 Å². The monoisotopic (exact) mass is 237 g/mol. The second kappa shape index (κ2) is 4.30. The molecular weight excluding hydrogens is 218 g/mol. The predicted molar refractivity (Wildman–Crippen MR) is 70.5 cm³/mol. The minimum Gasteiger partial charge on any atom is -0.395 e. The molecule has 2 rings (SSSR count). The molecule has 2 nitrogen and oxygen atoms in total. The summed E-state index contributed by atoms with van der Waals surface area (Å²) in [5.41, 5.74) is 3.93. The molecule has 0 amide bonds. The zero-order valence-electron chi connectivity index (χ0n) is 10.3. The van der Waals surface area contributed by atoms with E-state index in [4.69, 9.17) is 0 Å². The molecule has 1 aromatic rings. The molecule has 2 atom stereocenters. The highest BCUT2D eigenvalue weighted by molar-refractivity contribution is 8.00. The molecule has 0 spiro atoms. The van der Waals surface area contributed by atoms with Gasteiger partial charge in [0.15, 0.2) is 0 Å². The van der Waals surface area contributed by atoms with Crippen LogP contribution < -0.4 is 4.90 Å². The van der Waals surface area contributed by atoms with E-state index in [2.05, 4.69) is 44.9 Å². The van der Waals surface area contributed by atoms with Gasteiger partial charge >= 0.3 is 0 Å². The van der Waals surface area contributed by atoms with Crippen LogP contribution in [0.2, 0.25) is 0 Å². The number of anilines is 1. The fourth-order valence-electron chi connectivity index (χ4n) is 2.26. The molecule has 0 radical (unpaired) electrons. The summed E-state index contributed by atoms with van der Waals surface area (Å²) in [7, 11) is 2.12. The van der Waals surface area contributed by atoms with Crippen molar-refractivity contribution in [2.24, 2.45) is 0 Å². The lowest BCUT2D eigenvalue weighted by Crippen LogP contribution is -2.42. The van der Waals surface area contributed by atoms with E-state index in [1.54, 1.807) is 0 Å². The summed E-state index contributed by atoms with van der Waals surface area (Å²) in [4.78, 5) is 3.61. The lowest BCUT2D eigenvalue weighted by molar-refractivity contribution is 0.282. The fourth-order valence-corrected chi connectivity index (χ4v) is 3.58. The van der Waals surface area contributed by atoms with Gasteiger partial charge < -0.3 is 10.0 Å². The summed E-state index contributed by atoms with van der Waals surface area (Å²) < 4.78 is 0. The third kappa shape index (κ3) is 1.82. The van der Waals surface area contributed by atoms with Gasteiger partial charge in [-0.2, -0.15) is 0 Å². The van der Waals surface area contributed by atoms with Crippen LogP contribution >= 0.6 is 11.8 Å². The Balaban J connectivity index is 2.50. The van der Waals surface area contributed by atoms with Crippen LogP contribution in [-0.4, -0.2) is 30.1 Å². The summed E-state index contributed by atoms with van der Waals surface area (Å²) in [5.74, 6) is 0. The molecule has 0 saturated heterocycles. The zero-order valence-corrected chi connectivity index (χ0v) is 11.1. The lowest BCUT2D eigenvalue weighted by Gasteiger charge is -2.39. The van der Waals surface area contributed by atoms with Crippen LogP contribution in [0.1, 0.15) is 18.1 Å². The highest BCUT2D eigenvalue weighted by atomic mass is 32.2. The maximum atomic E-state index is 9.40.